The summed E-state index contributed by atoms with van der Waals surface area (Å²) < 4.78 is 5.77. The monoisotopic (exact) mass is 226 g/mol. The van der Waals surface area contributed by atoms with Gasteiger partial charge < -0.3 is 4.43 Å². The molecule has 0 radical (unpaired) electrons. The van der Waals surface area contributed by atoms with Crippen LogP contribution in [0.1, 0.15) is 33.6 Å². The van der Waals surface area contributed by atoms with Crippen LogP contribution in [0.2, 0.25) is 19.6 Å². The van der Waals surface area contributed by atoms with Crippen molar-refractivity contribution in [3.8, 4) is 0 Å². The topological polar surface area (TPSA) is 9.23 Å². The second kappa shape index (κ2) is 7.02. The Morgan fingerprint density at radius 3 is 2.13 bits per heavy atom. The maximum Gasteiger partial charge on any atom is 0.184 e. The Kier molecular flexibility index (Phi) is 6.86. The Morgan fingerprint density at radius 1 is 1.07 bits per heavy atom. The largest absolute Gasteiger partial charge is 0.414 e. The van der Waals surface area contributed by atoms with Gasteiger partial charge in [-0.3, -0.25) is 0 Å². The molecule has 0 aromatic carbocycles. The van der Waals surface area contributed by atoms with Gasteiger partial charge in [-0.15, -0.1) is 0 Å². The molecule has 1 nitrogen and oxygen atoms in total. The fourth-order valence-corrected chi connectivity index (χ4v) is 1.71. The predicted octanol–water partition coefficient (Wildman–Crippen LogP) is 4.53. The van der Waals surface area contributed by atoms with E-state index >= 15 is 0 Å². The van der Waals surface area contributed by atoms with E-state index in [0.29, 0.717) is 0 Å². The molecular formula is C13H26OSi. The number of hydrogen-bond acceptors (Lipinski definition) is 1. The highest BCUT2D eigenvalue weighted by Crippen LogP contribution is 2.08. The minimum Gasteiger partial charge on any atom is -0.414 e. The fraction of sp³-hybridized carbons (Fsp3) is 0.692. The van der Waals surface area contributed by atoms with Gasteiger partial charge in [0.05, 0.1) is 6.61 Å². The minimum absolute atomic E-state index is 0.788. The Labute approximate surface area is 96.4 Å². The molecule has 15 heavy (non-hydrogen) atoms. The van der Waals surface area contributed by atoms with Crippen LogP contribution in [0.5, 0.6) is 0 Å². The van der Waals surface area contributed by atoms with Gasteiger partial charge in [-0.25, -0.2) is 0 Å². The highest BCUT2D eigenvalue weighted by Gasteiger charge is 2.12. The van der Waals surface area contributed by atoms with Crippen molar-refractivity contribution < 1.29 is 4.43 Å². The predicted molar refractivity (Wildman–Crippen MR) is 71.7 cm³/mol. The van der Waals surface area contributed by atoms with Gasteiger partial charge in [0.15, 0.2) is 8.32 Å². The third kappa shape index (κ3) is 11.6. The number of hydrogen-bond donors (Lipinski definition) is 0. The van der Waals surface area contributed by atoms with Crippen molar-refractivity contribution in [1.82, 2.24) is 0 Å². The number of rotatable bonds is 6. The normalized spacial score (nSPS) is 12.8. The van der Waals surface area contributed by atoms with Gasteiger partial charge in [0.2, 0.25) is 0 Å². The first-order chi connectivity index (χ1) is 6.81. The molecule has 88 valence electrons. The lowest BCUT2D eigenvalue weighted by atomic mass is 10.1. The van der Waals surface area contributed by atoms with Crippen LogP contribution in [0, 0.1) is 0 Å². The third-order valence-corrected chi connectivity index (χ3v) is 3.07. The quantitative estimate of drug-likeness (QED) is 0.477. The molecule has 0 saturated carbocycles. The molecule has 0 amide bonds. The summed E-state index contributed by atoms with van der Waals surface area (Å²) >= 11 is 0. The zero-order valence-electron chi connectivity index (χ0n) is 11.2. The molecule has 0 bridgehead atoms. The van der Waals surface area contributed by atoms with Crippen LogP contribution in [0.4, 0.5) is 0 Å². The van der Waals surface area contributed by atoms with E-state index in [9.17, 15) is 0 Å². The lowest BCUT2D eigenvalue weighted by molar-refractivity contribution is 0.356. The zero-order chi connectivity index (χ0) is 11.9. The first-order valence-electron chi connectivity index (χ1n) is 5.74. The molecule has 0 aliphatic heterocycles. The first-order valence-corrected chi connectivity index (χ1v) is 9.15. The van der Waals surface area contributed by atoms with E-state index in [2.05, 4.69) is 52.6 Å². The van der Waals surface area contributed by atoms with Crippen LogP contribution in [-0.4, -0.2) is 14.9 Å². The molecule has 0 aliphatic rings. The molecule has 0 rings (SSSR count). The highest BCUT2D eigenvalue weighted by atomic mass is 28.4. The molecule has 0 aliphatic carbocycles. The molecule has 0 saturated heterocycles. The van der Waals surface area contributed by atoms with E-state index < -0.39 is 8.32 Å². The van der Waals surface area contributed by atoms with Crippen molar-refractivity contribution in [1.29, 1.82) is 0 Å². The molecule has 0 aromatic rings. The molecule has 0 spiro atoms. The molecule has 0 atom stereocenters. The standard InChI is InChI=1S/C13H26OSi/c1-12(2)8-7-9-13(3)10-11-14-15(4,5)6/h8,10H,7,9,11H2,1-6H3/b13-10-. The van der Waals surface area contributed by atoms with Crippen LogP contribution in [-0.2, 0) is 4.43 Å². The van der Waals surface area contributed by atoms with Gasteiger partial charge in [-0.1, -0.05) is 23.3 Å². The van der Waals surface area contributed by atoms with Crippen molar-refractivity contribution in [2.45, 2.75) is 53.3 Å². The van der Waals surface area contributed by atoms with Crippen LogP contribution in [0.3, 0.4) is 0 Å². The summed E-state index contributed by atoms with van der Waals surface area (Å²) in [7, 11) is -1.33. The molecular weight excluding hydrogens is 200 g/mol. The van der Waals surface area contributed by atoms with Crippen LogP contribution in [0.15, 0.2) is 23.3 Å². The summed E-state index contributed by atoms with van der Waals surface area (Å²) in [6.45, 7) is 13.9. The fourth-order valence-electron chi connectivity index (χ4n) is 1.12. The van der Waals surface area contributed by atoms with Crippen LogP contribution < -0.4 is 0 Å². The van der Waals surface area contributed by atoms with Gasteiger partial charge in [0.25, 0.3) is 0 Å². The Hall–Kier alpha value is -0.343. The summed E-state index contributed by atoms with van der Waals surface area (Å²) in [4.78, 5) is 0. The highest BCUT2D eigenvalue weighted by molar-refractivity contribution is 6.69. The summed E-state index contributed by atoms with van der Waals surface area (Å²) in [5, 5.41) is 0. The van der Waals surface area contributed by atoms with E-state index in [4.69, 9.17) is 4.43 Å². The first kappa shape index (κ1) is 14.7. The van der Waals surface area contributed by atoms with Crippen molar-refractivity contribution in [2.24, 2.45) is 0 Å². The van der Waals surface area contributed by atoms with Gasteiger partial charge in [0.1, 0.15) is 0 Å². The van der Waals surface area contributed by atoms with Crippen LogP contribution in [0.25, 0.3) is 0 Å². The van der Waals surface area contributed by atoms with E-state index in [-0.39, 0.29) is 0 Å². The van der Waals surface area contributed by atoms with E-state index in [1.807, 2.05) is 0 Å². The van der Waals surface area contributed by atoms with E-state index in [1.165, 1.54) is 11.1 Å². The average Bonchev–Trinajstić information content (AvgIpc) is 2.00. The lowest BCUT2D eigenvalue weighted by Gasteiger charge is -2.15. The second-order valence-corrected chi connectivity index (χ2v) is 9.81. The van der Waals surface area contributed by atoms with Gasteiger partial charge in [-0.05, 0) is 53.3 Å². The summed E-state index contributed by atoms with van der Waals surface area (Å²) in [6, 6.07) is 0. The SMILES string of the molecule is CC(C)=CCC/C(C)=C\CO[Si](C)(C)C. The molecule has 0 aromatic heterocycles. The minimum atomic E-state index is -1.33. The van der Waals surface area contributed by atoms with Gasteiger partial charge in [0, 0.05) is 0 Å². The van der Waals surface area contributed by atoms with E-state index in [1.54, 1.807) is 0 Å². The smallest absolute Gasteiger partial charge is 0.184 e. The van der Waals surface area contributed by atoms with Crippen molar-refractivity contribution in [3.05, 3.63) is 23.3 Å². The van der Waals surface area contributed by atoms with Crippen molar-refractivity contribution in [2.75, 3.05) is 6.61 Å². The molecule has 2 heteroatoms. The van der Waals surface area contributed by atoms with Crippen LogP contribution >= 0.6 is 0 Å². The maximum atomic E-state index is 5.77. The Bertz CT molecular complexity index is 229. The molecule has 0 N–H and O–H groups in total. The summed E-state index contributed by atoms with van der Waals surface area (Å²) in [5.41, 5.74) is 2.84. The lowest BCUT2D eigenvalue weighted by Crippen LogP contribution is -2.25. The summed E-state index contributed by atoms with van der Waals surface area (Å²) in [6.07, 6.45) is 6.81. The maximum absolute atomic E-state index is 5.77. The second-order valence-electron chi connectivity index (χ2n) is 5.29. The van der Waals surface area contributed by atoms with Crippen molar-refractivity contribution in [3.63, 3.8) is 0 Å². The molecule has 0 unspecified atom stereocenters. The zero-order valence-corrected chi connectivity index (χ0v) is 12.2. The van der Waals surface area contributed by atoms with Gasteiger partial charge >= 0.3 is 0 Å². The molecule has 0 heterocycles. The Morgan fingerprint density at radius 2 is 1.67 bits per heavy atom. The molecule has 0 fully saturated rings. The average molecular weight is 226 g/mol. The van der Waals surface area contributed by atoms with E-state index in [0.717, 1.165) is 19.4 Å². The van der Waals surface area contributed by atoms with Gasteiger partial charge in [-0.2, -0.15) is 0 Å². The summed E-state index contributed by atoms with van der Waals surface area (Å²) in [5.74, 6) is 0. The van der Waals surface area contributed by atoms with Crippen molar-refractivity contribution >= 4 is 8.32 Å². The number of allylic oxidation sites excluding steroid dienone is 3. The third-order valence-electron chi connectivity index (χ3n) is 2.04. The Balaban J connectivity index is 3.75.